The number of phenolic OH excluding ortho intramolecular Hbond substituents is 1. The Labute approximate surface area is 80.7 Å². The van der Waals surface area contributed by atoms with E-state index >= 15 is 0 Å². The molecular weight excluding hydrogens is 187 g/mol. The van der Waals surface area contributed by atoms with Crippen LogP contribution < -0.4 is 5.46 Å². The lowest BCUT2D eigenvalue weighted by atomic mass is 9.80. The summed E-state index contributed by atoms with van der Waals surface area (Å²) >= 11 is 0. The van der Waals surface area contributed by atoms with Crippen molar-refractivity contribution in [3.63, 3.8) is 0 Å². The number of hydrogen-bond donors (Lipinski definition) is 3. The van der Waals surface area contributed by atoms with Gasteiger partial charge in [-0.1, -0.05) is 6.07 Å². The van der Waals surface area contributed by atoms with E-state index in [-0.39, 0.29) is 16.8 Å². The fourth-order valence-electron chi connectivity index (χ4n) is 0.992. The Kier molecular flexibility index (Phi) is 3.11. The SMILES string of the molecule is COC(=O)c1ccc(B(O)O)cc1O. The van der Waals surface area contributed by atoms with Crippen LogP contribution in [0.4, 0.5) is 0 Å². The van der Waals surface area contributed by atoms with Crippen molar-refractivity contribution in [2.45, 2.75) is 0 Å². The highest BCUT2D eigenvalue weighted by Gasteiger charge is 2.16. The molecule has 0 aliphatic rings. The highest BCUT2D eigenvalue weighted by atomic mass is 16.5. The van der Waals surface area contributed by atoms with Gasteiger partial charge in [0.25, 0.3) is 0 Å². The van der Waals surface area contributed by atoms with Crippen molar-refractivity contribution in [3.8, 4) is 5.75 Å². The van der Waals surface area contributed by atoms with E-state index in [1.165, 1.54) is 19.2 Å². The average Bonchev–Trinajstić information content (AvgIpc) is 2.16. The van der Waals surface area contributed by atoms with Gasteiger partial charge in [0, 0.05) is 0 Å². The minimum absolute atomic E-state index is 0.0168. The van der Waals surface area contributed by atoms with Gasteiger partial charge in [-0.2, -0.15) is 0 Å². The number of benzene rings is 1. The maximum Gasteiger partial charge on any atom is 0.488 e. The predicted molar refractivity (Wildman–Crippen MR) is 49.3 cm³/mol. The Hall–Kier alpha value is -1.53. The summed E-state index contributed by atoms with van der Waals surface area (Å²) in [4.78, 5) is 11.0. The molecule has 0 radical (unpaired) electrons. The van der Waals surface area contributed by atoms with Crippen LogP contribution in [0.1, 0.15) is 10.4 Å². The first kappa shape index (κ1) is 10.6. The number of methoxy groups -OCH3 is 1. The van der Waals surface area contributed by atoms with Crippen LogP contribution in [0.25, 0.3) is 0 Å². The zero-order valence-electron chi connectivity index (χ0n) is 7.47. The van der Waals surface area contributed by atoms with Crippen molar-refractivity contribution >= 4 is 18.6 Å². The Morgan fingerprint density at radius 2 is 2.07 bits per heavy atom. The van der Waals surface area contributed by atoms with Crippen molar-refractivity contribution in [3.05, 3.63) is 23.8 Å². The number of carbonyl (C=O) groups is 1. The molecule has 0 atom stereocenters. The molecule has 1 aromatic carbocycles. The van der Waals surface area contributed by atoms with E-state index in [9.17, 15) is 9.90 Å². The van der Waals surface area contributed by atoms with Gasteiger partial charge < -0.3 is 19.9 Å². The normalized spacial score (nSPS) is 9.64. The number of phenols is 1. The average molecular weight is 196 g/mol. The molecule has 0 amide bonds. The largest absolute Gasteiger partial charge is 0.507 e. The smallest absolute Gasteiger partial charge is 0.488 e. The van der Waals surface area contributed by atoms with Gasteiger partial charge in [0.05, 0.1) is 7.11 Å². The van der Waals surface area contributed by atoms with Crippen LogP contribution in [0, 0.1) is 0 Å². The predicted octanol–water partition coefficient (Wildman–Crippen LogP) is -1.14. The van der Waals surface area contributed by atoms with Crippen LogP contribution in [0.15, 0.2) is 18.2 Å². The molecule has 6 heteroatoms. The summed E-state index contributed by atoms with van der Waals surface area (Å²) in [6.45, 7) is 0. The first-order valence-corrected chi connectivity index (χ1v) is 3.83. The summed E-state index contributed by atoms with van der Waals surface area (Å²) in [6, 6.07) is 3.67. The monoisotopic (exact) mass is 196 g/mol. The number of aromatic hydroxyl groups is 1. The fraction of sp³-hybridized carbons (Fsp3) is 0.125. The molecule has 14 heavy (non-hydrogen) atoms. The van der Waals surface area contributed by atoms with E-state index in [4.69, 9.17) is 10.0 Å². The van der Waals surface area contributed by atoms with Crippen molar-refractivity contribution in [2.24, 2.45) is 0 Å². The van der Waals surface area contributed by atoms with Crippen LogP contribution in [0.5, 0.6) is 5.75 Å². The van der Waals surface area contributed by atoms with Gasteiger partial charge in [-0.3, -0.25) is 0 Å². The van der Waals surface area contributed by atoms with Gasteiger partial charge >= 0.3 is 13.1 Å². The van der Waals surface area contributed by atoms with Gasteiger partial charge in [0.15, 0.2) is 0 Å². The van der Waals surface area contributed by atoms with E-state index in [2.05, 4.69) is 4.74 Å². The molecule has 0 aliphatic carbocycles. The second-order valence-corrected chi connectivity index (χ2v) is 2.64. The van der Waals surface area contributed by atoms with E-state index in [0.29, 0.717) is 0 Å². The Morgan fingerprint density at radius 1 is 1.43 bits per heavy atom. The zero-order chi connectivity index (χ0) is 10.7. The van der Waals surface area contributed by atoms with Crippen LogP contribution >= 0.6 is 0 Å². The lowest BCUT2D eigenvalue weighted by Gasteiger charge is -2.04. The molecule has 0 aliphatic heterocycles. The van der Waals surface area contributed by atoms with E-state index in [1.807, 2.05) is 0 Å². The molecule has 5 nitrogen and oxygen atoms in total. The Morgan fingerprint density at radius 3 is 2.50 bits per heavy atom. The molecule has 0 aromatic heterocycles. The molecule has 0 saturated heterocycles. The molecule has 3 N–H and O–H groups in total. The molecule has 0 saturated carbocycles. The maximum absolute atomic E-state index is 11.0. The molecule has 0 bridgehead atoms. The maximum atomic E-state index is 11.0. The summed E-state index contributed by atoms with van der Waals surface area (Å²) in [5, 5.41) is 26.8. The number of rotatable bonds is 2. The fourth-order valence-corrected chi connectivity index (χ4v) is 0.992. The summed E-state index contributed by atoms with van der Waals surface area (Å²) in [5.41, 5.74) is 0.0899. The highest BCUT2D eigenvalue weighted by molar-refractivity contribution is 6.58. The molecule has 74 valence electrons. The lowest BCUT2D eigenvalue weighted by Crippen LogP contribution is -2.29. The quantitative estimate of drug-likeness (QED) is 0.411. The topological polar surface area (TPSA) is 87.0 Å². The first-order valence-electron chi connectivity index (χ1n) is 3.83. The molecule has 0 heterocycles. The van der Waals surface area contributed by atoms with Gasteiger partial charge in [0.2, 0.25) is 0 Å². The number of ether oxygens (including phenoxy) is 1. The summed E-state index contributed by atoms with van der Waals surface area (Å²) < 4.78 is 4.39. The van der Waals surface area contributed by atoms with Crippen molar-refractivity contribution < 1.29 is 24.7 Å². The Bertz CT molecular complexity index is 350. The van der Waals surface area contributed by atoms with Gasteiger partial charge in [0.1, 0.15) is 11.3 Å². The first-order chi connectivity index (χ1) is 6.56. The van der Waals surface area contributed by atoms with E-state index < -0.39 is 13.1 Å². The van der Waals surface area contributed by atoms with Crippen LogP contribution in [0.3, 0.4) is 0 Å². The third-order valence-electron chi connectivity index (χ3n) is 1.73. The van der Waals surface area contributed by atoms with Crippen molar-refractivity contribution in [1.29, 1.82) is 0 Å². The second kappa shape index (κ2) is 4.12. The summed E-state index contributed by atoms with van der Waals surface area (Å²) in [5.74, 6) is -1.02. The van der Waals surface area contributed by atoms with Gasteiger partial charge in [-0.15, -0.1) is 0 Å². The summed E-state index contributed by atoms with van der Waals surface area (Å²) in [6.07, 6.45) is 0. The minimum Gasteiger partial charge on any atom is -0.507 e. The Balaban J connectivity index is 3.07. The minimum atomic E-state index is -1.67. The van der Waals surface area contributed by atoms with Crippen LogP contribution in [0.2, 0.25) is 0 Å². The highest BCUT2D eigenvalue weighted by Crippen LogP contribution is 2.15. The summed E-state index contributed by atoms with van der Waals surface area (Å²) in [7, 11) is -0.482. The van der Waals surface area contributed by atoms with E-state index in [0.717, 1.165) is 6.07 Å². The number of carbonyl (C=O) groups excluding carboxylic acids is 1. The molecule has 0 fully saturated rings. The molecule has 0 unspecified atom stereocenters. The molecule has 1 rings (SSSR count). The second-order valence-electron chi connectivity index (χ2n) is 2.64. The van der Waals surface area contributed by atoms with Crippen LogP contribution in [-0.4, -0.2) is 35.4 Å². The van der Waals surface area contributed by atoms with Gasteiger partial charge in [-0.25, -0.2) is 4.79 Å². The van der Waals surface area contributed by atoms with Crippen LogP contribution in [-0.2, 0) is 4.74 Å². The van der Waals surface area contributed by atoms with Gasteiger partial charge in [-0.05, 0) is 17.6 Å². The number of esters is 1. The number of hydrogen-bond acceptors (Lipinski definition) is 5. The van der Waals surface area contributed by atoms with E-state index in [1.54, 1.807) is 0 Å². The molecule has 1 aromatic rings. The molecule has 0 spiro atoms. The third-order valence-corrected chi connectivity index (χ3v) is 1.73. The van der Waals surface area contributed by atoms with Crippen molar-refractivity contribution in [1.82, 2.24) is 0 Å². The zero-order valence-corrected chi connectivity index (χ0v) is 7.47. The standard InChI is InChI=1S/C8H9BO5/c1-14-8(11)6-3-2-5(9(12)13)4-7(6)10/h2-4,10,12-13H,1H3. The molecular formula is C8H9BO5. The lowest BCUT2D eigenvalue weighted by molar-refractivity contribution is 0.0597. The van der Waals surface area contributed by atoms with Crippen molar-refractivity contribution in [2.75, 3.05) is 7.11 Å². The third kappa shape index (κ3) is 2.04.